The quantitative estimate of drug-likeness (QED) is 0.229. The molecule has 0 radical (unpaired) electrons. The summed E-state index contributed by atoms with van der Waals surface area (Å²) in [5.74, 6) is -4.36. The van der Waals surface area contributed by atoms with Crippen molar-refractivity contribution in [3.8, 4) is 5.75 Å². The smallest absolute Gasteiger partial charge is 0.404 e. The number of piperidine rings is 1. The average molecular weight is 639 g/mol. The zero-order valence-corrected chi connectivity index (χ0v) is 26.1. The van der Waals surface area contributed by atoms with E-state index in [1.54, 1.807) is 24.3 Å². The zero-order chi connectivity index (χ0) is 33.5. The summed E-state index contributed by atoms with van der Waals surface area (Å²) in [6.45, 7) is 6.60. The number of alkyl halides is 3. The molecule has 2 aromatic rings. The fraction of sp³-hybridized carbons (Fsp3) is 0.581. The summed E-state index contributed by atoms with van der Waals surface area (Å²) in [5.41, 5.74) is -2.05. The van der Waals surface area contributed by atoms with Crippen LogP contribution in [0, 0.1) is 17.3 Å². The molecule has 3 atom stereocenters. The molecule has 0 aliphatic carbocycles. The first-order chi connectivity index (χ1) is 21.0. The van der Waals surface area contributed by atoms with E-state index in [2.05, 4.69) is 20.9 Å². The van der Waals surface area contributed by atoms with E-state index in [0.717, 1.165) is 0 Å². The minimum absolute atomic E-state index is 0.0721. The SMILES string of the molecule is CCOc1cccc2[nH]c(C(=O)N[C@@H](CC(C)C)C(=O)N[C@@H](C[C@@H]3CCCNC3=O)C(=O)COC(=O)C(C)(C)C(F)(F)F)cc12. The van der Waals surface area contributed by atoms with Crippen LogP contribution >= 0.6 is 0 Å². The molecular weight excluding hydrogens is 597 g/mol. The molecule has 14 heteroatoms. The number of nitrogens with one attached hydrogen (secondary N) is 4. The van der Waals surface area contributed by atoms with Crippen LogP contribution < -0.4 is 20.7 Å². The monoisotopic (exact) mass is 638 g/mol. The van der Waals surface area contributed by atoms with Crippen molar-refractivity contribution in [2.45, 2.75) is 78.6 Å². The fourth-order valence-electron chi connectivity index (χ4n) is 4.89. The highest BCUT2D eigenvalue weighted by atomic mass is 19.4. The van der Waals surface area contributed by atoms with E-state index in [1.807, 2.05) is 20.8 Å². The second-order valence-corrected chi connectivity index (χ2v) is 12.1. The van der Waals surface area contributed by atoms with Gasteiger partial charge in [0, 0.05) is 23.4 Å². The number of aromatic amines is 1. The van der Waals surface area contributed by atoms with Crippen LogP contribution in [-0.4, -0.2) is 72.5 Å². The Morgan fingerprint density at radius 1 is 1.09 bits per heavy atom. The Hall–Kier alpha value is -4.10. The lowest BCUT2D eigenvalue weighted by Gasteiger charge is -2.29. The van der Waals surface area contributed by atoms with Crippen LogP contribution in [0.5, 0.6) is 5.75 Å². The molecular formula is C31H41F3N4O7. The van der Waals surface area contributed by atoms with Crippen molar-refractivity contribution in [1.29, 1.82) is 0 Å². The number of ether oxygens (including phenoxy) is 2. The third-order valence-electron chi connectivity index (χ3n) is 7.69. The van der Waals surface area contributed by atoms with E-state index in [0.29, 0.717) is 56.5 Å². The van der Waals surface area contributed by atoms with E-state index in [4.69, 9.17) is 9.47 Å². The van der Waals surface area contributed by atoms with E-state index >= 15 is 0 Å². The third kappa shape index (κ3) is 8.98. The van der Waals surface area contributed by atoms with Crippen molar-refractivity contribution in [2.24, 2.45) is 17.3 Å². The molecule has 3 amide bonds. The summed E-state index contributed by atoms with van der Waals surface area (Å²) >= 11 is 0. The molecule has 0 bridgehead atoms. The number of benzene rings is 1. The van der Waals surface area contributed by atoms with Crippen LogP contribution in [0.2, 0.25) is 0 Å². The van der Waals surface area contributed by atoms with Gasteiger partial charge in [-0.2, -0.15) is 13.2 Å². The summed E-state index contributed by atoms with van der Waals surface area (Å²) in [5, 5.41) is 8.63. The Kier molecular flexibility index (Phi) is 11.6. The van der Waals surface area contributed by atoms with Crippen molar-refractivity contribution < 1.29 is 46.6 Å². The summed E-state index contributed by atoms with van der Waals surface area (Å²) in [6.07, 6.45) is -3.86. The number of hydrogen-bond acceptors (Lipinski definition) is 7. The van der Waals surface area contributed by atoms with Crippen LogP contribution in [-0.2, 0) is 23.9 Å². The number of rotatable bonds is 14. The molecule has 1 saturated heterocycles. The molecule has 1 aromatic carbocycles. The maximum Gasteiger partial charge on any atom is 0.404 e. The Morgan fingerprint density at radius 3 is 2.42 bits per heavy atom. The van der Waals surface area contributed by atoms with E-state index < -0.39 is 59.8 Å². The second kappa shape index (κ2) is 14.8. The number of ketones is 1. The first-order valence-corrected chi connectivity index (χ1v) is 14.9. The van der Waals surface area contributed by atoms with Gasteiger partial charge in [-0.3, -0.25) is 24.0 Å². The molecule has 1 aliphatic heterocycles. The van der Waals surface area contributed by atoms with Gasteiger partial charge in [0.05, 0.1) is 12.6 Å². The standard InChI is InChI=1S/C31H41F3N4O7/c1-6-44-25-11-7-10-20-19(25)15-23(36-20)28(42)38-22(13-17(2)3)27(41)37-21(14-18-9-8-12-35-26(18)40)24(39)16-45-29(43)30(4,5)31(32,33)34/h7,10-11,15,17-18,21-22,36H,6,8-9,12-14,16H2,1-5H3,(H,35,40)(H,37,41)(H,38,42)/t18-,21-,22-/m0/s1. The molecule has 3 rings (SSSR count). The maximum absolute atomic E-state index is 13.6. The summed E-state index contributed by atoms with van der Waals surface area (Å²) < 4.78 is 50.2. The Bertz CT molecular complexity index is 1400. The molecule has 0 saturated carbocycles. The Labute approximate surface area is 259 Å². The van der Waals surface area contributed by atoms with Gasteiger partial charge < -0.3 is 30.4 Å². The summed E-state index contributed by atoms with van der Waals surface area (Å²) in [4.78, 5) is 67.7. The van der Waals surface area contributed by atoms with E-state index in [-0.39, 0.29) is 30.4 Å². The molecule has 0 spiro atoms. The summed E-state index contributed by atoms with van der Waals surface area (Å²) in [6, 6.07) is 4.42. The number of amides is 3. The van der Waals surface area contributed by atoms with Gasteiger partial charge in [-0.05, 0) is 70.6 Å². The van der Waals surface area contributed by atoms with Gasteiger partial charge in [-0.1, -0.05) is 19.9 Å². The third-order valence-corrected chi connectivity index (χ3v) is 7.69. The molecule has 4 N–H and O–H groups in total. The highest BCUT2D eigenvalue weighted by Gasteiger charge is 2.54. The van der Waals surface area contributed by atoms with Crippen LogP contribution in [0.25, 0.3) is 10.9 Å². The number of fused-ring (bicyclic) bond motifs is 1. The molecule has 248 valence electrons. The van der Waals surface area contributed by atoms with Crippen LogP contribution in [0.1, 0.15) is 70.8 Å². The second-order valence-electron chi connectivity index (χ2n) is 12.1. The van der Waals surface area contributed by atoms with Crippen LogP contribution in [0.3, 0.4) is 0 Å². The lowest BCUT2D eigenvalue weighted by molar-refractivity contribution is -0.224. The van der Waals surface area contributed by atoms with Crippen molar-refractivity contribution in [1.82, 2.24) is 20.9 Å². The number of aromatic nitrogens is 1. The predicted octanol–water partition coefficient (Wildman–Crippen LogP) is 3.81. The lowest BCUT2D eigenvalue weighted by atomic mass is 9.89. The van der Waals surface area contributed by atoms with Gasteiger partial charge >= 0.3 is 12.1 Å². The normalized spacial score (nSPS) is 16.9. The van der Waals surface area contributed by atoms with Crippen molar-refractivity contribution in [3.63, 3.8) is 0 Å². The van der Waals surface area contributed by atoms with Gasteiger partial charge in [-0.15, -0.1) is 0 Å². The van der Waals surface area contributed by atoms with Gasteiger partial charge in [0.1, 0.15) is 17.5 Å². The van der Waals surface area contributed by atoms with Crippen LogP contribution in [0.4, 0.5) is 13.2 Å². The predicted molar refractivity (Wildman–Crippen MR) is 158 cm³/mol. The highest BCUT2D eigenvalue weighted by Crippen LogP contribution is 2.38. The number of hydrogen-bond donors (Lipinski definition) is 4. The van der Waals surface area contributed by atoms with Crippen molar-refractivity contribution in [2.75, 3.05) is 19.8 Å². The summed E-state index contributed by atoms with van der Waals surface area (Å²) in [7, 11) is 0. The molecule has 0 unspecified atom stereocenters. The molecule has 1 aliphatic rings. The maximum atomic E-state index is 13.6. The van der Waals surface area contributed by atoms with E-state index in [1.165, 1.54) is 0 Å². The number of halogens is 3. The minimum atomic E-state index is -4.92. The fourth-order valence-corrected chi connectivity index (χ4v) is 4.89. The number of H-pyrrole nitrogens is 1. The van der Waals surface area contributed by atoms with E-state index in [9.17, 15) is 37.1 Å². The number of carbonyl (C=O) groups is 5. The molecule has 1 aromatic heterocycles. The van der Waals surface area contributed by atoms with Crippen molar-refractivity contribution >= 4 is 40.4 Å². The molecule has 2 heterocycles. The Balaban J connectivity index is 1.80. The zero-order valence-electron chi connectivity index (χ0n) is 26.1. The lowest BCUT2D eigenvalue weighted by Crippen LogP contribution is -2.54. The largest absolute Gasteiger partial charge is 0.493 e. The first-order valence-electron chi connectivity index (χ1n) is 14.9. The number of esters is 1. The number of carbonyl (C=O) groups excluding carboxylic acids is 5. The van der Waals surface area contributed by atoms with Gasteiger partial charge in [0.2, 0.25) is 11.8 Å². The van der Waals surface area contributed by atoms with Gasteiger partial charge in [-0.25, -0.2) is 0 Å². The Morgan fingerprint density at radius 2 is 1.80 bits per heavy atom. The van der Waals surface area contributed by atoms with Crippen molar-refractivity contribution in [3.05, 3.63) is 30.0 Å². The average Bonchev–Trinajstić information content (AvgIpc) is 3.41. The minimum Gasteiger partial charge on any atom is -0.493 e. The topological polar surface area (TPSA) is 156 Å². The number of Topliss-reactive ketones (excluding diaryl/α,β-unsaturated/α-hetero) is 1. The molecule has 45 heavy (non-hydrogen) atoms. The van der Waals surface area contributed by atoms with Crippen LogP contribution in [0.15, 0.2) is 24.3 Å². The molecule has 1 fully saturated rings. The highest BCUT2D eigenvalue weighted by molar-refractivity contribution is 6.02. The first kappa shape index (κ1) is 35.4. The van der Waals surface area contributed by atoms with Gasteiger partial charge in [0.15, 0.2) is 17.8 Å². The van der Waals surface area contributed by atoms with Gasteiger partial charge in [0.25, 0.3) is 5.91 Å². The molecule has 11 nitrogen and oxygen atoms in total.